The van der Waals surface area contributed by atoms with Crippen molar-refractivity contribution in [2.24, 2.45) is 0 Å². The molecule has 0 unspecified atom stereocenters. The molecule has 170 valence electrons. The summed E-state index contributed by atoms with van der Waals surface area (Å²) in [5.41, 5.74) is 2.34. The first-order valence-electron chi connectivity index (χ1n) is 11.8. The number of carbonyl (C=O) groups excluding carboxylic acids is 1. The van der Waals surface area contributed by atoms with Gasteiger partial charge < -0.3 is 19.9 Å². The van der Waals surface area contributed by atoms with Crippen LogP contribution in [0.4, 0.5) is 0 Å². The molecule has 3 aromatic carbocycles. The Kier molecular flexibility index (Phi) is 5.81. The standard InChI is InChI=1S/C28H31N3O2/c1-19(2)30-16-14-22(15-17-30)29-27(32)26-24-12-5-6-13-25(24)31(28(26)33)18-21-10-7-9-20-8-3-4-11-23(20)21/h3-13,19,22,33H,14-18H2,1-2H3,(H,29,32). The number of nitrogens with one attached hydrogen (secondary N) is 1. The van der Waals surface area contributed by atoms with Crippen molar-refractivity contribution in [3.05, 3.63) is 77.9 Å². The number of amides is 1. The zero-order valence-corrected chi connectivity index (χ0v) is 19.3. The van der Waals surface area contributed by atoms with Crippen molar-refractivity contribution in [2.45, 2.75) is 45.3 Å². The SMILES string of the molecule is CC(C)N1CCC(NC(=O)c2c(O)n(Cc3cccc4ccccc34)c3ccccc23)CC1. The molecular formula is C28H31N3O2. The van der Waals surface area contributed by atoms with Crippen LogP contribution in [-0.4, -0.2) is 45.7 Å². The molecule has 0 aliphatic carbocycles. The van der Waals surface area contributed by atoms with Gasteiger partial charge in [0.15, 0.2) is 0 Å². The van der Waals surface area contributed by atoms with Gasteiger partial charge >= 0.3 is 0 Å². The molecule has 0 radical (unpaired) electrons. The van der Waals surface area contributed by atoms with E-state index in [0.717, 1.165) is 53.2 Å². The third kappa shape index (κ3) is 4.09. The van der Waals surface area contributed by atoms with Crippen molar-refractivity contribution in [1.29, 1.82) is 0 Å². The molecule has 0 spiro atoms. The largest absolute Gasteiger partial charge is 0.494 e. The first-order valence-corrected chi connectivity index (χ1v) is 11.8. The summed E-state index contributed by atoms with van der Waals surface area (Å²) in [5.74, 6) is -0.162. The second kappa shape index (κ2) is 8.91. The first kappa shape index (κ1) is 21.5. The molecule has 4 aromatic rings. The maximum absolute atomic E-state index is 13.3. The van der Waals surface area contributed by atoms with Crippen LogP contribution in [0, 0.1) is 0 Å². The molecule has 5 heteroatoms. The van der Waals surface area contributed by atoms with Gasteiger partial charge in [-0.25, -0.2) is 0 Å². The minimum absolute atomic E-state index is 0.0289. The van der Waals surface area contributed by atoms with E-state index in [2.05, 4.69) is 48.3 Å². The highest BCUT2D eigenvalue weighted by Crippen LogP contribution is 2.33. The minimum Gasteiger partial charge on any atom is -0.494 e. The third-order valence-electron chi connectivity index (χ3n) is 6.97. The van der Waals surface area contributed by atoms with Gasteiger partial charge in [0.05, 0.1) is 12.1 Å². The quantitative estimate of drug-likeness (QED) is 0.450. The van der Waals surface area contributed by atoms with Crippen LogP contribution < -0.4 is 5.32 Å². The summed E-state index contributed by atoms with van der Waals surface area (Å²) >= 11 is 0. The number of piperidine rings is 1. The zero-order valence-electron chi connectivity index (χ0n) is 19.3. The predicted octanol–water partition coefficient (Wildman–Crippen LogP) is 5.15. The smallest absolute Gasteiger partial charge is 0.257 e. The van der Waals surface area contributed by atoms with Gasteiger partial charge in [0.25, 0.3) is 5.91 Å². The van der Waals surface area contributed by atoms with Gasteiger partial charge in [-0.3, -0.25) is 4.79 Å². The molecule has 5 rings (SSSR count). The Balaban J connectivity index is 1.46. The molecule has 1 amide bonds. The molecular weight excluding hydrogens is 410 g/mol. The summed E-state index contributed by atoms with van der Waals surface area (Å²) in [6, 6.07) is 22.9. The molecule has 1 saturated heterocycles. The first-order chi connectivity index (χ1) is 16.0. The van der Waals surface area contributed by atoms with E-state index in [4.69, 9.17) is 0 Å². The van der Waals surface area contributed by atoms with Crippen LogP contribution in [0.5, 0.6) is 5.88 Å². The van der Waals surface area contributed by atoms with E-state index in [1.54, 1.807) is 0 Å². The fourth-order valence-corrected chi connectivity index (χ4v) is 5.09. The number of fused-ring (bicyclic) bond motifs is 2. The van der Waals surface area contributed by atoms with Crippen LogP contribution in [0.2, 0.25) is 0 Å². The minimum atomic E-state index is -0.191. The molecule has 1 aliphatic rings. The lowest BCUT2D eigenvalue weighted by atomic mass is 10.0. The van der Waals surface area contributed by atoms with Crippen molar-refractivity contribution < 1.29 is 9.90 Å². The summed E-state index contributed by atoms with van der Waals surface area (Å²) in [6.07, 6.45) is 1.86. The van der Waals surface area contributed by atoms with Crippen LogP contribution in [-0.2, 0) is 6.54 Å². The Morgan fingerprint density at radius 1 is 0.970 bits per heavy atom. The molecule has 0 bridgehead atoms. The van der Waals surface area contributed by atoms with E-state index in [1.807, 2.05) is 47.0 Å². The highest BCUT2D eigenvalue weighted by Gasteiger charge is 2.27. The second-order valence-electron chi connectivity index (χ2n) is 9.32. The van der Waals surface area contributed by atoms with E-state index < -0.39 is 0 Å². The number of nitrogens with zero attached hydrogens (tertiary/aromatic N) is 2. The Morgan fingerprint density at radius 3 is 2.39 bits per heavy atom. The van der Waals surface area contributed by atoms with Crippen LogP contribution in [0.25, 0.3) is 21.7 Å². The molecule has 33 heavy (non-hydrogen) atoms. The van der Waals surface area contributed by atoms with Gasteiger partial charge in [0.1, 0.15) is 5.56 Å². The molecule has 1 aliphatic heterocycles. The molecule has 5 nitrogen and oxygen atoms in total. The molecule has 2 heterocycles. The average molecular weight is 442 g/mol. The summed E-state index contributed by atoms with van der Waals surface area (Å²) in [4.78, 5) is 15.8. The number of hydrogen-bond donors (Lipinski definition) is 2. The monoisotopic (exact) mass is 441 g/mol. The van der Waals surface area contributed by atoms with E-state index in [1.165, 1.54) is 0 Å². The van der Waals surface area contributed by atoms with Crippen molar-refractivity contribution >= 4 is 27.6 Å². The van der Waals surface area contributed by atoms with Crippen LogP contribution in [0.3, 0.4) is 0 Å². The maximum atomic E-state index is 13.3. The summed E-state index contributed by atoms with van der Waals surface area (Å²) < 4.78 is 1.85. The number of carbonyl (C=O) groups is 1. The van der Waals surface area contributed by atoms with Gasteiger partial charge in [-0.1, -0.05) is 60.7 Å². The topological polar surface area (TPSA) is 57.5 Å². The van der Waals surface area contributed by atoms with Crippen molar-refractivity contribution in [1.82, 2.24) is 14.8 Å². The lowest BCUT2D eigenvalue weighted by Gasteiger charge is -2.34. The van der Waals surface area contributed by atoms with Crippen LogP contribution in [0.15, 0.2) is 66.7 Å². The Bertz CT molecular complexity index is 1290. The van der Waals surface area contributed by atoms with Crippen LogP contribution >= 0.6 is 0 Å². The van der Waals surface area contributed by atoms with Crippen molar-refractivity contribution in [2.75, 3.05) is 13.1 Å². The van der Waals surface area contributed by atoms with E-state index in [9.17, 15) is 9.90 Å². The van der Waals surface area contributed by atoms with Gasteiger partial charge in [0.2, 0.25) is 5.88 Å². The maximum Gasteiger partial charge on any atom is 0.257 e. The fraction of sp³-hybridized carbons (Fsp3) is 0.321. The number of aromatic nitrogens is 1. The van der Waals surface area contributed by atoms with E-state index in [0.29, 0.717) is 18.2 Å². The lowest BCUT2D eigenvalue weighted by Crippen LogP contribution is -2.46. The lowest BCUT2D eigenvalue weighted by molar-refractivity contribution is 0.0899. The zero-order chi connectivity index (χ0) is 22.9. The van der Waals surface area contributed by atoms with E-state index in [-0.39, 0.29) is 17.8 Å². The summed E-state index contributed by atoms with van der Waals surface area (Å²) in [6.45, 7) is 6.88. The number of hydrogen-bond acceptors (Lipinski definition) is 3. The normalized spacial score (nSPS) is 15.5. The molecule has 1 fully saturated rings. The van der Waals surface area contributed by atoms with Gasteiger partial charge in [-0.05, 0) is 49.1 Å². The van der Waals surface area contributed by atoms with Gasteiger partial charge in [-0.2, -0.15) is 0 Å². The van der Waals surface area contributed by atoms with Gasteiger partial charge in [0, 0.05) is 30.6 Å². The highest BCUT2D eigenvalue weighted by molar-refractivity contribution is 6.09. The Hall–Kier alpha value is -3.31. The molecule has 0 saturated carbocycles. The molecule has 2 N–H and O–H groups in total. The average Bonchev–Trinajstić information content (AvgIpc) is 3.11. The van der Waals surface area contributed by atoms with Crippen molar-refractivity contribution in [3.63, 3.8) is 0 Å². The van der Waals surface area contributed by atoms with E-state index >= 15 is 0 Å². The second-order valence-corrected chi connectivity index (χ2v) is 9.32. The van der Waals surface area contributed by atoms with Gasteiger partial charge in [-0.15, -0.1) is 0 Å². The summed E-state index contributed by atoms with van der Waals surface area (Å²) in [5, 5.41) is 17.6. The number of aromatic hydroxyl groups is 1. The number of para-hydroxylation sites is 1. The number of rotatable bonds is 5. The Labute approximate surface area is 194 Å². The predicted molar refractivity (Wildman–Crippen MR) is 134 cm³/mol. The number of likely N-dealkylation sites (tertiary alicyclic amines) is 1. The third-order valence-corrected chi connectivity index (χ3v) is 6.97. The molecule has 0 atom stereocenters. The number of benzene rings is 3. The van der Waals surface area contributed by atoms with Crippen molar-refractivity contribution in [3.8, 4) is 5.88 Å². The fourth-order valence-electron chi connectivity index (χ4n) is 5.09. The Morgan fingerprint density at radius 2 is 1.64 bits per heavy atom. The molecule has 1 aromatic heterocycles. The summed E-state index contributed by atoms with van der Waals surface area (Å²) in [7, 11) is 0. The highest BCUT2D eigenvalue weighted by atomic mass is 16.3. The van der Waals surface area contributed by atoms with Crippen LogP contribution in [0.1, 0.15) is 42.6 Å².